The molecule has 108 valence electrons. The second-order valence-electron chi connectivity index (χ2n) is 5.21. The van der Waals surface area contributed by atoms with E-state index in [4.69, 9.17) is 9.84 Å². The maximum absolute atomic E-state index is 12.6. The molecule has 0 saturated heterocycles. The van der Waals surface area contributed by atoms with E-state index in [-0.39, 0.29) is 23.5 Å². The monoisotopic (exact) mass is 286 g/mol. The molecule has 1 aromatic rings. The van der Waals surface area contributed by atoms with Crippen molar-refractivity contribution in [2.75, 3.05) is 0 Å². The smallest absolute Gasteiger partial charge is 0.307 e. The van der Waals surface area contributed by atoms with Crippen molar-refractivity contribution in [2.45, 2.75) is 25.9 Å². The largest absolute Gasteiger partial charge is 0.507 e. The van der Waals surface area contributed by atoms with Crippen LogP contribution >= 0.6 is 0 Å². The number of carbonyl (C=O) groups is 2. The number of aliphatic carboxylic acids is 1. The third-order valence-corrected chi connectivity index (χ3v) is 3.73. The standard InChI is InChI=1S/C16H14O5/c1-8-14-10(6-11(21-8)7-13(18)19)5-9-3-2-4-12(17)15(9)16(14)20/h2-5,11,17H,6-7H2,1H3,(H,18,19). The maximum Gasteiger partial charge on any atom is 0.307 e. The number of Topliss-reactive ketones (excluding diaryl/α,β-unsaturated/α-hetero) is 1. The molecule has 2 N–H and O–H groups in total. The van der Waals surface area contributed by atoms with Gasteiger partial charge in [0, 0.05) is 6.42 Å². The van der Waals surface area contributed by atoms with Crippen molar-refractivity contribution < 1.29 is 24.5 Å². The summed E-state index contributed by atoms with van der Waals surface area (Å²) in [5.74, 6) is -0.845. The lowest BCUT2D eigenvalue weighted by Crippen LogP contribution is -2.27. The maximum atomic E-state index is 12.6. The van der Waals surface area contributed by atoms with Gasteiger partial charge in [0.1, 0.15) is 17.6 Å². The van der Waals surface area contributed by atoms with Gasteiger partial charge in [0.15, 0.2) is 0 Å². The van der Waals surface area contributed by atoms with Gasteiger partial charge in [-0.2, -0.15) is 0 Å². The lowest BCUT2D eigenvalue weighted by Gasteiger charge is -2.30. The first-order valence-electron chi connectivity index (χ1n) is 6.64. The van der Waals surface area contributed by atoms with Crippen molar-refractivity contribution in [3.8, 4) is 5.75 Å². The van der Waals surface area contributed by atoms with Gasteiger partial charge in [0.2, 0.25) is 5.78 Å². The minimum absolute atomic E-state index is 0.0549. The molecule has 0 radical (unpaired) electrons. The molecule has 0 aromatic heterocycles. The molecule has 1 aliphatic heterocycles. The Morgan fingerprint density at radius 1 is 1.43 bits per heavy atom. The molecule has 0 fully saturated rings. The highest BCUT2D eigenvalue weighted by Crippen LogP contribution is 2.40. The Labute approximate surface area is 121 Å². The van der Waals surface area contributed by atoms with Crippen LogP contribution < -0.4 is 0 Å². The van der Waals surface area contributed by atoms with Gasteiger partial charge < -0.3 is 14.9 Å². The van der Waals surface area contributed by atoms with Crippen LogP contribution in [0.4, 0.5) is 0 Å². The van der Waals surface area contributed by atoms with Gasteiger partial charge in [-0.15, -0.1) is 0 Å². The summed E-state index contributed by atoms with van der Waals surface area (Å²) in [6.07, 6.45) is 1.62. The first kappa shape index (κ1) is 13.4. The van der Waals surface area contributed by atoms with Crippen molar-refractivity contribution >= 4 is 17.8 Å². The number of carboxylic acids is 1. The molecule has 1 atom stereocenters. The normalized spacial score (nSPS) is 20.3. The number of aromatic hydroxyl groups is 1. The number of phenols is 1. The second kappa shape index (κ2) is 4.77. The number of fused-ring (bicyclic) bond motifs is 2. The van der Waals surface area contributed by atoms with Crippen LogP contribution in [-0.2, 0) is 9.53 Å². The molecule has 2 aliphatic rings. The molecule has 0 amide bonds. The highest BCUT2D eigenvalue weighted by Gasteiger charge is 2.34. The van der Waals surface area contributed by atoms with Gasteiger partial charge in [-0.05, 0) is 30.2 Å². The Bertz CT molecular complexity index is 711. The highest BCUT2D eigenvalue weighted by atomic mass is 16.5. The number of hydrogen-bond donors (Lipinski definition) is 2. The summed E-state index contributed by atoms with van der Waals surface area (Å²) >= 11 is 0. The molecule has 1 unspecified atom stereocenters. The van der Waals surface area contributed by atoms with Crippen molar-refractivity contribution in [2.24, 2.45) is 0 Å². The van der Waals surface area contributed by atoms with E-state index < -0.39 is 12.1 Å². The summed E-state index contributed by atoms with van der Waals surface area (Å²) in [6, 6.07) is 4.91. The Hall–Kier alpha value is -2.56. The summed E-state index contributed by atoms with van der Waals surface area (Å²) in [5, 5.41) is 18.8. The molecule has 3 rings (SSSR count). The summed E-state index contributed by atoms with van der Waals surface area (Å²) in [4.78, 5) is 23.4. The van der Waals surface area contributed by atoms with Gasteiger partial charge in [0.05, 0.1) is 17.6 Å². The quantitative estimate of drug-likeness (QED) is 0.872. The zero-order valence-electron chi connectivity index (χ0n) is 11.4. The van der Waals surface area contributed by atoms with E-state index in [1.807, 2.05) is 6.08 Å². The lowest BCUT2D eigenvalue weighted by atomic mass is 9.82. The molecular formula is C16H14O5. The van der Waals surface area contributed by atoms with Gasteiger partial charge in [0.25, 0.3) is 0 Å². The topological polar surface area (TPSA) is 83.8 Å². The Morgan fingerprint density at radius 2 is 2.19 bits per heavy atom. The SMILES string of the molecule is CC1=C2C(=O)c3c(O)cccc3C=C2CC(CC(=O)O)O1. The average Bonchev–Trinajstić information content (AvgIpc) is 2.36. The van der Waals surface area contributed by atoms with E-state index in [1.54, 1.807) is 19.1 Å². The van der Waals surface area contributed by atoms with Crippen molar-refractivity contribution in [3.63, 3.8) is 0 Å². The first-order chi connectivity index (χ1) is 9.97. The summed E-state index contributed by atoms with van der Waals surface area (Å²) in [5.41, 5.74) is 2.14. The first-order valence-corrected chi connectivity index (χ1v) is 6.64. The van der Waals surface area contributed by atoms with Crippen LogP contribution in [0, 0.1) is 0 Å². The van der Waals surface area contributed by atoms with Gasteiger partial charge >= 0.3 is 5.97 Å². The van der Waals surface area contributed by atoms with Crippen LogP contribution in [0.3, 0.4) is 0 Å². The van der Waals surface area contributed by atoms with Crippen LogP contribution in [-0.4, -0.2) is 28.1 Å². The zero-order valence-corrected chi connectivity index (χ0v) is 11.4. The van der Waals surface area contributed by atoms with E-state index in [0.29, 0.717) is 23.3 Å². The minimum Gasteiger partial charge on any atom is -0.507 e. The summed E-state index contributed by atoms with van der Waals surface area (Å²) < 4.78 is 5.55. The number of benzene rings is 1. The van der Waals surface area contributed by atoms with E-state index in [0.717, 1.165) is 5.57 Å². The number of ether oxygens (including phenoxy) is 1. The predicted molar refractivity (Wildman–Crippen MR) is 74.9 cm³/mol. The van der Waals surface area contributed by atoms with Crippen molar-refractivity contribution in [1.29, 1.82) is 0 Å². The summed E-state index contributed by atoms with van der Waals surface area (Å²) in [6.45, 7) is 1.65. The second-order valence-corrected chi connectivity index (χ2v) is 5.21. The van der Waals surface area contributed by atoms with Gasteiger partial charge in [-0.3, -0.25) is 9.59 Å². The molecule has 5 nitrogen and oxygen atoms in total. The molecule has 0 bridgehead atoms. The number of hydrogen-bond acceptors (Lipinski definition) is 4. The fourth-order valence-corrected chi connectivity index (χ4v) is 2.91. The van der Waals surface area contributed by atoms with Crippen LogP contribution in [0.5, 0.6) is 5.75 Å². The Balaban J connectivity index is 2.08. The highest BCUT2D eigenvalue weighted by molar-refractivity contribution is 6.18. The number of phenolic OH excluding ortho intramolecular Hbond substituents is 1. The number of ketones is 1. The Morgan fingerprint density at radius 3 is 2.90 bits per heavy atom. The fraction of sp³-hybridized carbons (Fsp3) is 0.250. The van der Waals surface area contributed by atoms with E-state index in [9.17, 15) is 14.7 Å². The molecule has 1 heterocycles. The third-order valence-electron chi connectivity index (χ3n) is 3.73. The summed E-state index contributed by atoms with van der Waals surface area (Å²) in [7, 11) is 0. The van der Waals surface area contributed by atoms with Crippen molar-refractivity contribution in [1.82, 2.24) is 0 Å². The predicted octanol–water partition coefficient (Wildman–Crippen LogP) is 2.51. The Kier molecular flexibility index (Phi) is 3.05. The van der Waals surface area contributed by atoms with E-state index in [1.165, 1.54) is 6.07 Å². The average molecular weight is 286 g/mol. The molecule has 21 heavy (non-hydrogen) atoms. The van der Waals surface area contributed by atoms with E-state index >= 15 is 0 Å². The van der Waals surface area contributed by atoms with Gasteiger partial charge in [-0.25, -0.2) is 0 Å². The van der Waals surface area contributed by atoms with Crippen LogP contribution in [0.25, 0.3) is 6.08 Å². The molecular weight excluding hydrogens is 272 g/mol. The third kappa shape index (κ3) is 2.20. The fourth-order valence-electron chi connectivity index (χ4n) is 2.91. The molecule has 5 heteroatoms. The van der Waals surface area contributed by atoms with Gasteiger partial charge in [-0.1, -0.05) is 12.1 Å². The number of rotatable bonds is 2. The zero-order chi connectivity index (χ0) is 15.1. The lowest BCUT2D eigenvalue weighted by molar-refractivity contribution is -0.139. The molecule has 0 saturated carbocycles. The van der Waals surface area contributed by atoms with E-state index in [2.05, 4.69) is 0 Å². The van der Waals surface area contributed by atoms with Crippen molar-refractivity contribution in [3.05, 3.63) is 46.2 Å². The molecule has 0 spiro atoms. The van der Waals surface area contributed by atoms with Crippen LogP contribution in [0.15, 0.2) is 35.1 Å². The molecule has 1 aliphatic carbocycles. The number of carbonyl (C=O) groups excluding carboxylic acids is 1. The minimum atomic E-state index is -0.933. The number of carboxylic acid groups (broad SMARTS) is 1. The number of allylic oxidation sites excluding steroid dienone is 2. The van der Waals surface area contributed by atoms with Crippen LogP contribution in [0.1, 0.15) is 35.7 Å². The molecule has 1 aromatic carbocycles. The van der Waals surface area contributed by atoms with Crippen LogP contribution in [0.2, 0.25) is 0 Å².